The molecule has 0 radical (unpaired) electrons. The van der Waals surface area contributed by atoms with Crippen LogP contribution in [0, 0.1) is 23.1 Å². The normalized spacial score (nSPS) is 17.0. The first-order valence-corrected chi connectivity index (χ1v) is 21.5. The van der Waals surface area contributed by atoms with Crippen molar-refractivity contribution in [1.82, 2.24) is 15.0 Å². The van der Waals surface area contributed by atoms with E-state index < -0.39 is 40.3 Å². The van der Waals surface area contributed by atoms with Crippen LogP contribution in [-0.4, -0.2) is 82.5 Å². The summed E-state index contributed by atoms with van der Waals surface area (Å²) >= 11 is 0. The molecule has 2 aromatic carbocycles. The highest BCUT2D eigenvalue weighted by molar-refractivity contribution is 7.90. The number of aromatic nitrogens is 3. The van der Waals surface area contributed by atoms with E-state index >= 15 is 8.78 Å². The smallest absolute Gasteiger partial charge is 0.249 e. The molecule has 0 aliphatic carbocycles. The molecule has 1 saturated heterocycles. The Labute approximate surface area is 305 Å². The number of aliphatic hydroxyl groups is 1. The summed E-state index contributed by atoms with van der Waals surface area (Å²) in [7, 11) is -3.56. The Morgan fingerprint density at radius 1 is 1.02 bits per heavy atom. The van der Waals surface area contributed by atoms with Gasteiger partial charge in [0.15, 0.2) is 12.6 Å². The zero-order valence-electron chi connectivity index (χ0n) is 31.5. The van der Waals surface area contributed by atoms with E-state index in [-0.39, 0.29) is 69.4 Å². The lowest BCUT2D eigenvalue weighted by Crippen LogP contribution is -2.46. The van der Waals surface area contributed by atoms with E-state index in [1.807, 2.05) is 0 Å². The third kappa shape index (κ3) is 7.33. The van der Waals surface area contributed by atoms with Crippen molar-refractivity contribution in [3.63, 3.8) is 0 Å². The Morgan fingerprint density at radius 2 is 1.69 bits per heavy atom. The van der Waals surface area contributed by atoms with Crippen molar-refractivity contribution in [3.05, 3.63) is 41.5 Å². The molecule has 0 saturated carbocycles. The highest BCUT2D eigenvalue weighted by Gasteiger charge is 2.42. The number of halogens is 2. The standard InChI is InChI=1S/C38H48F2N4O6SSi/c1-22(2)52(23(3)4,24(5)6)17-14-27-29(39)13-12-25-18-26(50-21-48-8)19-28(30(25)27)33-32(40)34-31(36(41-33)49-9)35(43-37(42-34)51(10,46)47)44-16-11-15-38(7,45)20-44/h12-13,18-19,22-24,45H,11,15-16,20-21H2,1-10H3. The van der Waals surface area contributed by atoms with E-state index in [4.69, 9.17) is 14.2 Å². The fourth-order valence-electron chi connectivity index (χ4n) is 7.76. The number of fused-ring (bicyclic) bond motifs is 2. The second kappa shape index (κ2) is 14.8. The molecular weight excluding hydrogens is 707 g/mol. The van der Waals surface area contributed by atoms with Gasteiger partial charge in [-0.15, -0.1) is 5.54 Å². The molecular formula is C38H48F2N4O6SSi. The molecule has 0 spiro atoms. The van der Waals surface area contributed by atoms with Crippen molar-refractivity contribution in [3.8, 4) is 34.4 Å². The van der Waals surface area contributed by atoms with Gasteiger partial charge < -0.3 is 24.2 Å². The summed E-state index contributed by atoms with van der Waals surface area (Å²) in [5.41, 5.74) is 2.90. The number of anilines is 1. The first kappa shape index (κ1) is 39.3. The summed E-state index contributed by atoms with van der Waals surface area (Å²) in [6.07, 6.45) is 2.03. The first-order valence-electron chi connectivity index (χ1n) is 17.4. The van der Waals surface area contributed by atoms with Crippen LogP contribution in [0.4, 0.5) is 14.6 Å². The SMILES string of the molecule is COCOc1cc(-c2nc(OC)c3c(N4CCCC(C)(O)C4)nc(S(C)(=O)=O)nc3c2F)c2c(C#C[Si](C(C)C)(C(C)C)C(C)C)c(F)ccc2c1. The average Bonchev–Trinajstić information content (AvgIpc) is 3.06. The van der Waals surface area contributed by atoms with Crippen molar-refractivity contribution in [2.75, 3.05) is 45.3 Å². The summed E-state index contributed by atoms with van der Waals surface area (Å²) in [6, 6.07) is 6.12. The number of pyridine rings is 1. The number of hydrogen-bond acceptors (Lipinski definition) is 10. The van der Waals surface area contributed by atoms with E-state index in [1.165, 1.54) is 26.4 Å². The maximum atomic E-state index is 17.3. The minimum atomic E-state index is -4.04. The van der Waals surface area contributed by atoms with Gasteiger partial charge in [-0.05, 0) is 60.0 Å². The average molecular weight is 755 g/mol. The van der Waals surface area contributed by atoms with Gasteiger partial charge >= 0.3 is 0 Å². The molecule has 14 heteroatoms. The summed E-state index contributed by atoms with van der Waals surface area (Å²) < 4.78 is 75.9. The van der Waals surface area contributed by atoms with Crippen molar-refractivity contribution in [2.45, 2.75) is 88.7 Å². The van der Waals surface area contributed by atoms with Crippen LogP contribution in [0.5, 0.6) is 11.6 Å². The molecule has 5 rings (SSSR count). The monoisotopic (exact) mass is 754 g/mol. The molecule has 2 aromatic heterocycles. The van der Waals surface area contributed by atoms with E-state index in [0.29, 0.717) is 35.9 Å². The molecule has 4 aromatic rings. The molecule has 3 heterocycles. The number of β-amino-alcohol motifs (C(OH)–C–C–N with tert-alkyl or cyclic N) is 1. The number of ether oxygens (including phenoxy) is 3. The van der Waals surface area contributed by atoms with Crippen LogP contribution in [0.1, 0.15) is 66.9 Å². The van der Waals surface area contributed by atoms with Gasteiger partial charge in [0.2, 0.25) is 20.9 Å². The lowest BCUT2D eigenvalue weighted by Gasteiger charge is -2.38. The number of piperidine rings is 1. The third-order valence-corrected chi connectivity index (χ3v) is 17.3. The van der Waals surface area contributed by atoms with Crippen molar-refractivity contribution in [1.29, 1.82) is 0 Å². The van der Waals surface area contributed by atoms with Crippen LogP contribution in [0.15, 0.2) is 29.4 Å². The van der Waals surface area contributed by atoms with E-state index in [2.05, 4.69) is 68.0 Å². The molecule has 1 atom stereocenters. The maximum Gasteiger partial charge on any atom is 0.249 e. The van der Waals surface area contributed by atoms with Gasteiger partial charge in [-0.25, -0.2) is 32.2 Å². The Balaban J connectivity index is 1.92. The molecule has 0 bridgehead atoms. The summed E-state index contributed by atoms with van der Waals surface area (Å²) in [6.45, 7) is 15.1. The highest BCUT2D eigenvalue weighted by Crippen LogP contribution is 2.44. The minimum Gasteiger partial charge on any atom is -0.480 e. The fraction of sp³-hybridized carbons (Fsp3) is 0.500. The Morgan fingerprint density at radius 3 is 2.27 bits per heavy atom. The predicted molar refractivity (Wildman–Crippen MR) is 202 cm³/mol. The first-order chi connectivity index (χ1) is 24.4. The number of sulfone groups is 1. The van der Waals surface area contributed by atoms with Crippen LogP contribution >= 0.6 is 0 Å². The molecule has 1 unspecified atom stereocenters. The van der Waals surface area contributed by atoms with Crippen LogP contribution in [0.25, 0.3) is 32.9 Å². The quantitative estimate of drug-likeness (QED) is 0.0757. The van der Waals surface area contributed by atoms with Crippen LogP contribution < -0.4 is 14.4 Å². The second-order valence-electron chi connectivity index (χ2n) is 14.8. The van der Waals surface area contributed by atoms with E-state index in [9.17, 15) is 13.5 Å². The largest absolute Gasteiger partial charge is 0.480 e. The number of benzene rings is 2. The zero-order chi connectivity index (χ0) is 38.3. The number of hydrogen-bond donors (Lipinski definition) is 1. The highest BCUT2D eigenvalue weighted by atomic mass is 32.2. The van der Waals surface area contributed by atoms with Gasteiger partial charge in [-0.2, -0.15) is 0 Å². The second-order valence-corrected chi connectivity index (χ2v) is 22.3. The molecule has 0 amide bonds. The summed E-state index contributed by atoms with van der Waals surface area (Å²) in [4.78, 5) is 14.9. The van der Waals surface area contributed by atoms with Gasteiger partial charge in [-0.3, -0.25) is 0 Å². The molecule has 1 N–H and O–H groups in total. The van der Waals surface area contributed by atoms with E-state index in [0.717, 1.165) is 6.26 Å². The predicted octanol–water partition coefficient (Wildman–Crippen LogP) is 7.44. The summed E-state index contributed by atoms with van der Waals surface area (Å²) in [5, 5.41) is 11.2. The number of rotatable bonds is 10. The van der Waals surface area contributed by atoms with Crippen LogP contribution in [0.3, 0.4) is 0 Å². The van der Waals surface area contributed by atoms with Gasteiger partial charge in [-0.1, -0.05) is 53.5 Å². The van der Waals surface area contributed by atoms with Crippen molar-refractivity contribution < 1.29 is 36.5 Å². The maximum absolute atomic E-state index is 17.3. The zero-order valence-corrected chi connectivity index (χ0v) is 33.3. The number of methoxy groups -OCH3 is 2. The van der Waals surface area contributed by atoms with Crippen LogP contribution in [-0.2, 0) is 14.6 Å². The molecule has 1 aliphatic rings. The van der Waals surface area contributed by atoms with Gasteiger partial charge in [0, 0.05) is 37.4 Å². The Bertz CT molecular complexity index is 2160. The third-order valence-electron chi connectivity index (χ3n) is 10.1. The van der Waals surface area contributed by atoms with Gasteiger partial charge in [0.1, 0.15) is 42.1 Å². The van der Waals surface area contributed by atoms with Crippen molar-refractivity contribution >= 4 is 45.4 Å². The Kier molecular flexibility index (Phi) is 11.2. The minimum absolute atomic E-state index is 0.0396. The fourth-order valence-corrected chi connectivity index (χ4v) is 13.5. The van der Waals surface area contributed by atoms with Crippen molar-refractivity contribution in [2.24, 2.45) is 0 Å². The van der Waals surface area contributed by atoms with Gasteiger partial charge in [0.05, 0.1) is 18.3 Å². The lowest BCUT2D eigenvalue weighted by molar-refractivity contribution is 0.0447. The number of nitrogens with zero attached hydrogens (tertiary/aromatic N) is 4. The van der Waals surface area contributed by atoms with E-state index in [1.54, 1.807) is 24.0 Å². The molecule has 280 valence electrons. The molecule has 1 fully saturated rings. The molecule has 10 nitrogen and oxygen atoms in total. The lowest BCUT2D eigenvalue weighted by atomic mass is 9.94. The molecule has 52 heavy (non-hydrogen) atoms. The summed E-state index contributed by atoms with van der Waals surface area (Å²) in [5.74, 6) is 1.96. The molecule has 1 aliphatic heterocycles. The van der Waals surface area contributed by atoms with Crippen LogP contribution in [0.2, 0.25) is 16.6 Å². The topological polar surface area (TPSA) is 124 Å². The Hall–Kier alpha value is -3.90. The van der Waals surface area contributed by atoms with Gasteiger partial charge in [0.25, 0.3) is 0 Å².